The number of rotatable bonds is 5. The number of carbonyl (C=O) groups is 2. The van der Waals surface area contributed by atoms with Crippen molar-refractivity contribution < 1.29 is 9.59 Å². The topological polar surface area (TPSA) is 76.4 Å². The van der Waals surface area contributed by atoms with Gasteiger partial charge in [-0.05, 0) is 62.4 Å². The summed E-state index contributed by atoms with van der Waals surface area (Å²) in [5.41, 5.74) is 3.28. The molecule has 2 amide bonds. The van der Waals surface area contributed by atoms with Crippen LogP contribution < -0.4 is 5.32 Å². The van der Waals surface area contributed by atoms with Gasteiger partial charge in [0.05, 0.1) is 12.0 Å². The highest BCUT2D eigenvalue weighted by atomic mass is 35.5. The summed E-state index contributed by atoms with van der Waals surface area (Å²) in [5, 5.41) is 12.7. The second-order valence-electron chi connectivity index (χ2n) is 9.80. The zero-order valence-electron chi connectivity index (χ0n) is 20.0. The number of hydrogen-bond donors (Lipinski definition) is 1. The van der Waals surface area contributed by atoms with E-state index < -0.39 is 0 Å². The van der Waals surface area contributed by atoms with E-state index in [1.54, 1.807) is 18.2 Å². The highest BCUT2D eigenvalue weighted by Crippen LogP contribution is 2.30. The van der Waals surface area contributed by atoms with Gasteiger partial charge >= 0.3 is 0 Å². The van der Waals surface area contributed by atoms with Crippen molar-refractivity contribution in [1.82, 2.24) is 9.80 Å². The first-order valence-corrected chi connectivity index (χ1v) is 12.6. The lowest BCUT2D eigenvalue weighted by molar-refractivity contribution is -0.140. The van der Waals surface area contributed by atoms with Crippen LogP contribution in [0.5, 0.6) is 0 Å². The first-order chi connectivity index (χ1) is 16.4. The van der Waals surface area contributed by atoms with E-state index in [4.69, 9.17) is 16.9 Å². The lowest BCUT2D eigenvalue weighted by Gasteiger charge is -2.41. The molecular formula is C27H33ClN4O2. The molecule has 0 bridgehead atoms. The first-order valence-electron chi connectivity index (χ1n) is 12.3. The maximum Gasteiger partial charge on any atom is 0.231 e. The number of anilines is 1. The molecule has 1 N–H and O–H groups in total. The van der Waals surface area contributed by atoms with Crippen LogP contribution >= 0.6 is 11.6 Å². The SMILES string of the molecule is Cc1c(CN2CCN(C(=O)C3CCCC3)C(C)C2)cc(Cl)cc1NC(=O)C1C=C(C#N)C=CC1. The molecule has 1 saturated carbocycles. The minimum absolute atomic E-state index is 0.138. The second kappa shape index (κ2) is 10.8. The van der Waals surface area contributed by atoms with E-state index in [1.807, 2.05) is 19.1 Å². The van der Waals surface area contributed by atoms with Gasteiger partial charge in [-0.2, -0.15) is 5.26 Å². The van der Waals surface area contributed by atoms with Crippen LogP contribution in [-0.4, -0.2) is 47.3 Å². The highest BCUT2D eigenvalue weighted by molar-refractivity contribution is 6.31. The third-order valence-electron chi connectivity index (χ3n) is 7.36. The van der Waals surface area contributed by atoms with Gasteiger partial charge in [0.2, 0.25) is 11.8 Å². The third kappa shape index (κ3) is 5.54. The summed E-state index contributed by atoms with van der Waals surface area (Å²) in [6, 6.07) is 6.03. The Bertz CT molecular complexity index is 1050. The minimum Gasteiger partial charge on any atom is -0.337 e. The van der Waals surface area contributed by atoms with Crippen molar-refractivity contribution in [2.24, 2.45) is 11.8 Å². The van der Waals surface area contributed by atoms with Crippen LogP contribution in [0.15, 0.2) is 35.9 Å². The van der Waals surface area contributed by atoms with Gasteiger partial charge in [0.1, 0.15) is 0 Å². The zero-order chi connectivity index (χ0) is 24.2. The Labute approximate surface area is 207 Å². The fourth-order valence-electron chi connectivity index (χ4n) is 5.35. The molecule has 0 aromatic heterocycles. The van der Waals surface area contributed by atoms with E-state index >= 15 is 0 Å². The maximum atomic E-state index is 12.9. The molecule has 1 saturated heterocycles. The molecule has 2 fully saturated rings. The number of nitrogens with one attached hydrogen (secondary N) is 1. The van der Waals surface area contributed by atoms with Crippen LogP contribution in [0.1, 0.15) is 50.2 Å². The summed E-state index contributed by atoms with van der Waals surface area (Å²) in [6.45, 7) is 7.26. The van der Waals surface area contributed by atoms with Gasteiger partial charge in [0, 0.05) is 54.4 Å². The molecule has 2 aliphatic carbocycles. The molecule has 1 aromatic rings. The Morgan fingerprint density at radius 2 is 2.00 bits per heavy atom. The number of amides is 2. The van der Waals surface area contributed by atoms with Gasteiger partial charge in [-0.25, -0.2) is 0 Å². The monoisotopic (exact) mass is 480 g/mol. The van der Waals surface area contributed by atoms with Gasteiger partial charge in [-0.3, -0.25) is 14.5 Å². The normalized spacial score (nSPS) is 23.5. The quantitative estimate of drug-likeness (QED) is 0.654. The van der Waals surface area contributed by atoms with Crippen LogP contribution in [-0.2, 0) is 16.1 Å². The summed E-state index contributed by atoms with van der Waals surface area (Å²) >= 11 is 6.43. The molecule has 2 atom stereocenters. The second-order valence-corrected chi connectivity index (χ2v) is 10.2. The van der Waals surface area contributed by atoms with Crippen molar-refractivity contribution in [3.63, 3.8) is 0 Å². The fourth-order valence-corrected chi connectivity index (χ4v) is 5.59. The number of benzene rings is 1. The number of halogens is 1. The van der Waals surface area contributed by atoms with Crippen LogP contribution in [0, 0.1) is 30.1 Å². The van der Waals surface area contributed by atoms with Gasteiger partial charge in [0.15, 0.2) is 0 Å². The van der Waals surface area contributed by atoms with Crippen molar-refractivity contribution in [2.45, 2.75) is 58.5 Å². The van der Waals surface area contributed by atoms with E-state index in [2.05, 4.69) is 28.1 Å². The first kappa shape index (κ1) is 24.5. The number of nitriles is 1. The molecule has 3 aliphatic rings. The molecule has 1 heterocycles. The van der Waals surface area contributed by atoms with Crippen LogP contribution in [0.25, 0.3) is 0 Å². The lowest BCUT2D eigenvalue weighted by atomic mass is 9.95. The van der Waals surface area contributed by atoms with Crippen molar-refractivity contribution >= 4 is 29.1 Å². The smallest absolute Gasteiger partial charge is 0.231 e. The summed E-state index contributed by atoms with van der Waals surface area (Å²) in [7, 11) is 0. The van der Waals surface area contributed by atoms with Crippen molar-refractivity contribution in [3.8, 4) is 6.07 Å². The molecule has 4 rings (SSSR count). The van der Waals surface area contributed by atoms with Gasteiger partial charge in [-0.15, -0.1) is 0 Å². The highest BCUT2D eigenvalue weighted by Gasteiger charge is 2.33. The summed E-state index contributed by atoms with van der Waals surface area (Å²) < 4.78 is 0. The minimum atomic E-state index is -0.368. The molecule has 2 unspecified atom stereocenters. The molecule has 7 heteroatoms. The number of nitrogens with zero attached hydrogens (tertiary/aromatic N) is 3. The predicted octanol–water partition coefficient (Wildman–Crippen LogP) is 4.84. The molecule has 0 spiro atoms. The molecule has 34 heavy (non-hydrogen) atoms. The number of hydrogen-bond acceptors (Lipinski definition) is 4. The standard InChI is InChI=1S/C27H33ClN4O2/c1-18-16-31(10-11-32(18)27(34)21-7-3-4-8-21)17-23-13-24(28)14-25(19(23)2)30-26(33)22-9-5-6-20(12-22)15-29/h5-6,12-14,18,21-22H,3-4,7-11,16-17H2,1-2H3,(H,30,33). The number of allylic oxidation sites excluding steroid dienone is 3. The van der Waals surface area contributed by atoms with Gasteiger partial charge in [0.25, 0.3) is 0 Å². The molecule has 0 radical (unpaired) electrons. The number of piperazine rings is 1. The molecular weight excluding hydrogens is 448 g/mol. The Morgan fingerprint density at radius 1 is 1.24 bits per heavy atom. The van der Waals surface area contributed by atoms with Crippen LogP contribution in [0.2, 0.25) is 5.02 Å². The predicted molar refractivity (Wildman–Crippen MR) is 134 cm³/mol. The maximum absolute atomic E-state index is 12.9. The van der Waals surface area contributed by atoms with E-state index in [0.717, 1.165) is 50.1 Å². The van der Waals surface area contributed by atoms with Gasteiger partial charge < -0.3 is 10.2 Å². The van der Waals surface area contributed by atoms with Crippen LogP contribution in [0.4, 0.5) is 5.69 Å². The molecule has 180 valence electrons. The molecule has 1 aliphatic heterocycles. The third-order valence-corrected chi connectivity index (χ3v) is 7.58. The van der Waals surface area contributed by atoms with Crippen LogP contribution in [0.3, 0.4) is 0 Å². The van der Waals surface area contributed by atoms with E-state index in [-0.39, 0.29) is 23.8 Å². The van der Waals surface area contributed by atoms with Crippen molar-refractivity contribution in [3.05, 3.63) is 52.1 Å². The summed E-state index contributed by atoms with van der Waals surface area (Å²) in [4.78, 5) is 30.2. The fraction of sp³-hybridized carbons (Fsp3) is 0.519. The van der Waals surface area contributed by atoms with Crippen molar-refractivity contribution in [1.29, 1.82) is 5.26 Å². The van der Waals surface area contributed by atoms with E-state index in [1.165, 1.54) is 12.8 Å². The van der Waals surface area contributed by atoms with E-state index in [9.17, 15) is 9.59 Å². The average molecular weight is 481 g/mol. The molecule has 6 nitrogen and oxygen atoms in total. The summed E-state index contributed by atoms with van der Waals surface area (Å²) in [6.07, 6.45) is 10.3. The van der Waals surface area contributed by atoms with Crippen molar-refractivity contribution in [2.75, 3.05) is 25.0 Å². The van der Waals surface area contributed by atoms with E-state index in [0.29, 0.717) is 28.6 Å². The molecule has 1 aromatic carbocycles. The van der Waals surface area contributed by atoms with Gasteiger partial charge in [-0.1, -0.05) is 36.6 Å². The largest absolute Gasteiger partial charge is 0.337 e. The number of carbonyl (C=O) groups excluding carboxylic acids is 2. The Morgan fingerprint density at radius 3 is 2.71 bits per heavy atom. The Hall–Kier alpha value is -2.62. The Kier molecular flexibility index (Phi) is 7.75. The average Bonchev–Trinajstić information content (AvgIpc) is 3.37. The lowest BCUT2D eigenvalue weighted by Crippen LogP contribution is -2.54. The summed E-state index contributed by atoms with van der Waals surface area (Å²) in [5.74, 6) is 0.0442. The Balaban J connectivity index is 1.41. The zero-order valence-corrected chi connectivity index (χ0v) is 20.8.